The van der Waals surface area contributed by atoms with Crippen molar-refractivity contribution in [2.45, 2.75) is 26.2 Å². The molecule has 0 spiro atoms. The average molecular weight is 347 g/mol. The standard InChI is InChI=1S/C12H10ClF3N6O/c1-6-17-4-7(13)9(18-6)10(23)21-2-3-22-8(5-21)19-20-11(22)12(14,15)16/h4H,2-3,5H2,1H3. The summed E-state index contributed by atoms with van der Waals surface area (Å²) in [7, 11) is 0. The zero-order valence-electron chi connectivity index (χ0n) is 11.8. The van der Waals surface area contributed by atoms with Crippen LogP contribution in [0.5, 0.6) is 0 Å². The summed E-state index contributed by atoms with van der Waals surface area (Å²) in [6.45, 7) is 1.54. The molecule has 1 aliphatic rings. The number of carbonyl (C=O) groups is 1. The first-order valence-electron chi connectivity index (χ1n) is 6.55. The van der Waals surface area contributed by atoms with Crippen LogP contribution in [-0.2, 0) is 19.3 Å². The molecule has 0 bridgehead atoms. The molecule has 3 heterocycles. The Kier molecular flexibility index (Phi) is 3.71. The zero-order chi connectivity index (χ0) is 16.8. The number of nitrogens with zero attached hydrogens (tertiary/aromatic N) is 6. The second-order valence-corrected chi connectivity index (χ2v) is 5.34. The third kappa shape index (κ3) is 2.85. The Morgan fingerprint density at radius 2 is 2.04 bits per heavy atom. The molecule has 7 nitrogen and oxygen atoms in total. The van der Waals surface area contributed by atoms with Crippen LogP contribution in [0, 0.1) is 6.92 Å². The van der Waals surface area contributed by atoms with Gasteiger partial charge in [-0.3, -0.25) is 4.79 Å². The van der Waals surface area contributed by atoms with Crippen molar-refractivity contribution < 1.29 is 18.0 Å². The van der Waals surface area contributed by atoms with Crippen molar-refractivity contribution in [3.63, 3.8) is 0 Å². The average Bonchev–Trinajstić information content (AvgIpc) is 2.92. The minimum atomic E-state index is -4.58. The van der Waals surface area contributed by atoms with Gasteiger partial charge in [-0.1, -0.05) is 11.6 Å². The van der Waals surface area contributed by atoms with Crippen LogP contribution < -0.4 is 0 Å². The Hall–Kier alpha value is -2.23. The molecule has 23 heavy (non-hydrogen) atoms. The summed E-state index contributed by atoms with van der Waals surface area (Å²) < 4.78 is 39.3. The summed E-state index contributed by atoms with van der Waals surface area (Å²) in [4.78, 5) is 21.6. The summed E-state index contributed by atoms with van der Waals surface area (Å²) in [6.07, 6.45) is -3.27. The van der Waals surface area contributed by atoms with Gasteiger partial charge in [0, 0.05) is 13.1 Å². The lowest BCUT2D eigenvalue weighted by Crippen LogP contribution is -2.39. The number of alkyl halides is 3. The number of rotatable bonds is 1. The van der Waals surface area contributed by atoms with Crippen LogP contribution in [0.3, 0.4) is 0 Å². The third-order valence-electron chi connectivity index (χ3n) is 3.36. The van der Waals surface area contributed by atoms with E-state index in [1.807, 2.05) is 0 Å². The number of halogens is 4. The molecule has 0 aromatic carbocycles. The third-order valence-corrected chi connectivity index (χ3v) is 3.64. The SMILES string of the molecule is Cc1ncc(Cl)c(C(=O)N2CCn3c(nnc3C(F)(F)F)C2)n1. The smallest absolute Gasteiger partial charge is 0.328 e. The van der Waals surface area contributed by atoms with Gasteiger partial charge in [-0.2, -0.15) is 13.2 Å². The quantitative estimate of drug-likeness (QED) is 0.785. The highest BCUT2D eigenvalue weighted by atomic mass is 35.5. The molecule has 3 rings (SSSR count). The number of aryl methyl sites for hydroxylation is 1. The molecular formula is C12H10ClF3N6O. The Labute approximate surface area is 133 Å². The first-order chi connectivity index (χ1) is 10.8. The molecule has 2 aromatic heterocycles. The zero-order valence-corrected chi connectivity index (χ0v) is 12.6. The number of hydrogen-bond acceptors (Lipinski definition) is 5. The molecule has 0 radical (unpaired) electrons. The fraction of sp³-hybridized carbons (Fsp3) is 0.417. The largest absolute Gasteiger partial charge is 0.451 e. The molecule has 0 fully saturated rings. The summed E-state index contributed by atoms with van der Waals surface area (Å²) in [5.41, 5.74) is 0.0168. The van der Waals surface area contributed by atoms with Crippen molar-refractivity contribution in [2.24, 2.45) is 0 Å². The Morgan fingerprint density at radius 1 is 1.30 bits per heavy atom. The molecule has 0 N–H and O–H groups in total. The monoisotopic (exact) mass is 346 g/mol. The van der Waals surface area contributed by atoms with E-state index in [1.165, 1.54) is 11.1 Å². The molecule has 1 amide bonds. The van der Waals surface area contributed by atoms with Crippen molar-refractivity contribution in [1.82, 2.24) is 29.6 Å². The van der Waals surface area contributed by atoms with Gasteiger partial charge in [-0.05, 0) is 6.92 Å². The van der Waals surface area contributed by atoms with Crippen LogP contribution in [0.15, 0.2) is 6.20 Å². The highest BCUT2D eigenvalue weighted by Gasteiger charge is 2.40. The maximum Gasteiger partial charge on any atom is 0.451 e. The van der Waals surface area contributed by atoms with Crippen LogP contribution in [0.1, 0.15) is 28.0 Å². The summed E-state index contributed by atoms with van der Waals surface area (Å²) in [6, 6.07) is 0. The lowest BCUT2D eigenvalue weighted by Gasteiger charge is -2.28. The van der Waals surface area contributed by atoms with Gasteiger partial charge in [0.15, 0.2) is 11.5 Å². The molecule has 2 aromatic rings. The molecule has 1 aliphatic heterocycles. The summed E-state index contributed by atoms with van der Waals surface area (Å²) in [5, 5.41) is 6.78. The Balaban J connectivity index is 1.86. The van der Waals surface area contributed by atoms with Gasteiger partial charge in [0.25, 0.3) is 5.91 Å². The van der Waals surface area contributed by atoms with E-state index in [0.717, 1.165) is 4.57 Å². The molecule has 0 aliphatic carbocycles. The molecule has 122 valence electrons. The van der Waals surface area contributed by atoms with Crippen LogP contribution in [0.2, 0.25) is 5.02 Å². The number of fused-ring (bicyclic) bond motifs is 1. The second-order valence-electron chi connectivity index (χ2n) is 4.93. The van der Waals surface area contributed by atoms with Gasteiger partial charge in [0.1, 0.15) is 5.82 Å². The highest BCUT2D eigenvalue weighted by Crippen LogP contribution is 2.29. The maximum absolute atomic E-state index is 12.8. The number of amides is 1. The van der Waals surface area contributed by atoms with Crippen LogP contribution >= 0.6 is 11.6 Å². The topological polar surface area (TPSA) is 76.8 Å². The summed E-state index contributed by atoms with van der Waals surface area (Å²) >= 11 is 5.92. The van der Waals surface area contributed by atoms with E-state index in [-0.39, 0.29) is 36.2 Å². The Morgan fingerprint density at radius 3 is 2.74 bits per heavy atom. The van der Waals surface area contributed by atoms with E-state index in [1.54, 1.807) is 6.92 Å². The van der Waals surface area contributed by atoms with Gasteiger partial charge >= 0.3 is 6.18 Å². The molecule has 11 heteroatoms. The minimum Gasteiger partial charge on any atom is -0.328 e. The van der Waals surface area contributed by atoms with Crippen molar-refractivity contribution in [2.75, 3.05) is 6.54 Å². The first kappa shape index (κ1) is 15.7. The van der Waals surface area contributed by atoms with Gasteiger partial charge in [-0.15, -0.1) is 10.2 Å². The van der Waals surface area contributed by atoms with Crippen LogP contribution in [0.4, 0.5) is 13.2 Å². The first-order valence-corrected chi connectivity index (χ1v) is 6.93. The van der Waals surface area contributed by atoms with E-state index in [2.05, 4.69) is 20.2 Å². The molecule has 0 unspecified atom stereocenters. The number of hydrogen-bond donors (Lipinski definition) is 0. The fourth-order valence-corrected chi connectivity index (χ4v) is 2.47. The minimum absolute atomic E-state index is 0.0168. The Bertz CT molecular complexity index is 775. The second kappa shape index (κ2) is 5.44. The van der Waals surface area contributed by atoms with Crippen molar-refractivity contribution in [3.8, 4) is 0 Å². The van der Waals surface area contributed by atoms with Gasteiger partial charge < -0.3 is 9.47 Å². The molecule has 0 saturated heterocycles. The van der Waals surface area contributed by atoms with Crippen molar-refractivity contribution >= 4 is 17.5 Å². The normalized spacial score (nSPS) is 14.7. The van der Waals surface area contributed by atoms with Gasteiger partial charge in [0.05, 0.1) is 17.8 Å². The molecule has 0 saturated carbocycles. The van der Waals surface area contributed by atoms with Gasteiger partial charge in [-0.25, -0.2) is 9.97 Å². The van der Waals surface area contributed by atoms with E-state index >= 15 is 0 Å². The van der Waals surface area contributed by atoms with E-state index < -0.39 is 17.9 Å². The fourth-order valence-electron chi connectivity index (χ4n) is 2.30. The van der Waals surface area contributed by atoms with E-state index in [0.29, 0.717) is 5.82 Å². The van der Waals surface area contributed by atoms with Crippen LogP contribution in [0.25, 0.3) is 0 Å². The van der Waals surface area contributed by atoms with Crippen molar-refractivity contribution in [3.05, 3.63) is 34.4 Å². The maximum atomic E-state index is 12.8. The van der Waals surface area contributed by atoms with Crippen LogP contribution in [-0.4, -0.2) is 42.1 Å². The van der Waals surface area contributed by atoms with E-state index in [9.17, 15) is 18.0 Å². The predicted octanol–water partition coefficient (Wildman–Crippen LogP) is 1.70. The predicted molar refractivity (Wildman–Crippen MR) is 71.5 cm³/mol. The summed E-state index contributed by atoms with van der Waals surface area (Å²) in [5.74, 6) is -1.10. The lowest BCUT2D eigenvalue weighted by atomic mass is 10.3. The van der Waals surface area contributed by atoms with Gasteiger partial charge in [0.2, 0.25) is 5.82 Å². The number of aromatic nitrogens is 5. The lowest BCUT2D eigenvalue weighted by molar-refractivity contribution is -0.147. The highest BCUT2D eigenvalue weighted by molar-refractivity contribution is 6.33. The van der Waals surface area contributed by atoms with Crippen molar-refractivity contribution in [1.29, 1.82) is 0 Å². The molecular weight excluding hydrogens is 337 g/mol. The van der Waals surface area contributed by atoms with E-state index in [4.69, 9.17) is 11.6 Å². The molecule has 0 atom stereocenters. The number of carbonyl (C=O) groups excluding carboxylic acids is 1.